The number of aryl methyl sites for hydroxylation is 1. The van der Waals surface area contributed by atoms with E-state index in [2.05, 4.69) is 35.0 Å². The summed E-state index contributed by atoms with van der Waals surface area (Å²) in [6.45, 7) is 0.965. The number of benzene rings is 1. The number of hydrogen-bond donors (Lipinski definition) is 1. The molecule has 0 radical (unpaired) electrons. The first-order chi connectivity index (χ1) is 9.31. The molecule has 19 heavy (non-hydrogen) atoms. The Labute approximate surface area is 111 Å². The third-order valence-corrected chi connectivity index (χ3v) is 3.79. The molecule has 1 aromatic carbocycles. The molecule has 2 aromatic rings. The first kappa shape index (κ1) is 10.6. The summed E-state index contributed by atoms with van der Waals surface area (Å²) in [6.07, 6.45) is 5.34. The molecule has 0 aliphatic carbocycles. The summed E-state index contributed by atoms with van der Waals surface area (Å²) < 4.78 is 8.29. The van der Waals surface area contributed by atoms with E-state index < -0.39 is 0 Å². The number of aromatic nitrogens is 1. The van der Waals surface area contributed by atoms with Crippen molar-refractivity contribution in [3.05, 3.63) is 53.9 Å². The van der Waals surface area contributed by atoms with Crippen LogP contribution in [-0.4, -0.2) is 11.2 Å². The number of pyridine rings is 1. The van der Waals surface area contributed by atoms with Crippen LogP contribution < -0.4 is 9.30 Å². The molecule has 4 rings (SSSR count). The summed E-state index contributed by atoms with van der Waals surface area (Å²) in [6, 6.07) is 11.5. The fourth-order valence-corrected chi connectivity index (χ4v) is 2.86. The quantitative estimate of drug-likeness (QED) is 0.730. The lowest BCUT2D eigenvalue weighted by atomic mass is 9.93. The number of hydrogen-bond acceptors (Lipinski definition) is 2. The van der Waals surface area contributed by atoms with E-state index in [1.54, 1.807) is 12.1 Å². The lowest BCUT2D eigenvalue weighted by molar-refractivity contribution is -0.703. The molecule has 0 saturated carbocycles. The normalized spacial score (nSPS) is 19.6. The van der Waals surface area contributed by atoms with Gasteiger partial charge >= 0.3 is 0 Å². The minimum Gasteiger partial charge on any atom is -0.508 e. The van der Waals surface area contributed by atoms with E-state index in [1.807, 2.05) is 6.07 Å². The van der Waals surface area contributed by atoms with Crippen LogP contribution in [-0.2, 0) is 6.54 Å². The Hall–Kier alpha value is -2.29. The van der Waals surface area contributed by atoms with Gasteiger partial charge in [0.25, 0.3) is 0 Å². The molecule has 0 amide bonds. The number of ether oxygens (including phenoxy) is 1. The molecular formula is C16H14NO2+. The van der Waals surface area contributed by atoms with Crippen LogP contribution in [0.4, 0.5) is 0 Å². The maximum atomic E-state index is 9.54. The van der Waals surface area contributed by atoms with E-state index in [0.717, 1.165) is 24.3 Å². The molecule has 0 bridgehead atoms. The molecule has 1 aromatic heterocycles. The highest BCUT2D eigenvalue weighted by atomic mass is 16.5. The van der Waals surface area contributed by atoms with Crippen LogP contribution >= 0.6 is 0 Å². The van der Waals surface area contributed by atoms with Crippen molar-refractivity contribution < 1.29 is 14.4 Å². The summed E-state index contributed by atoms with van der Waals surface area (Å²) >= 11 is 0. The number of aromatic hydroxyl groups is 1. The number of rotatable bonds is 0. The second kappa shape index (κ2) is 3.85. The highest BCUT2D eigenvalue weighted by Crippen LogP contribution is 2.37. The van der Waals surface area contributed by atoms with Gasteiger partial charge in [-0.15, -0.1) is 0 Å². The molecule has 3 heteroatoms. The van der Waals surface area contributed by atoms with Crippen LogP contribution in [0, 0.1) is 0 Å². The summed E-state index contributed by atoms with van der Waals surface area (Å²) in [5, 5.41) is 9.54. The van der Waals surface area contributed by atoms with Crippen molar-refractivity contribution in [2.24, 2.45) is 0 Å². The minimum absolute atomic E-state index is 0.0942. The third kappa shape index (κ3) is 1.62. The molecule has 0 fully saturated rings. The van der Waals surface area contributed by atoms with Gasteiger partial charge < -0.3 is 9.84 Å². The van der Waals surface area contributed by atoms with Crippen LogP contribution in [0.5, 0.6) is 11.5 Å². The molecular weight excluding hydrogens is 238 g/mol. The van der Waals surface area contributed by atoms with E-state index in [-0.39, 0.29) is 11.9 Å². The van der Waals surface area contributed by atoms with Crippen LogP contribution in [0.2, 0.25) is 0 Å². The second-order valence-corrected chi connectivity index (χ2v) is 5.00. The van der Waals surface area contributed by atoms with Crippen LogP contribution in [0.1, 0.15) is 17.7 Å². The standard InChI is InChI=1S/C16H13NO2/c18-12-5-4-11-9-13-14-3-1-2-7-17(14)8-6-15(13)19-16(11)10-12/h1-5,7,9-10,15H,6,8H2/p+1. The van der Waals surface area contributed by atoms with Gasteiger partial charge in [-0.05, 0) is 24.3 Å². The van der Waals surface area contributed by atoms with E-state index in [1.165, 1.54) is 11.3 Å². The number of phenols is 1. The van der Waals surface area contributed by atoms with Crippen LogP contribution in [0.25, 0.3) is 11.6 Å². The molecule has 2 aliphatic rings. The number of nitrogens with zero attached hydrogens (tertiary/aromatic N) is 1. The van der Waals surface area contributed by atoms with Gasteiger partial charge in [-0.25, -0.2) is 0 Å². The van der Waals surface area contributed by atoms with Crippen molar-refractivity contribution in [2.75, 3.05) is 0 Å². The Bertz CT molecular complexity index is 691. The fourth-order valence-electron chi connectivity index (χ4n) is 2.86. The largest absolute Gasteiger partial charge is 0.508 e. The zero-order chi connectivity index (χ0) is 12.8. The van der Waals surface area contributed by atoms with Gasteiger partial charge in [0, 0.05) is 30.2 Å². The zero-order valence-corrected chi connectivity index (χ0v) is 10.4. The Morgan fingerprint density at radius 1 is 1.21 bits per heavy atom. The van der Waals surface area contributed by atoms with Gasteiger partial charge in [0.2, 0.25) is 5.69 Å². The highest BCUT2D eigenvalue weighted by Gasteiger charge is 2.33. The topological polar surface area (TPSA) is 33.3 Å². The maximum Gasteiger partial charge on any atom is 0.212 e. The van der Waals surface area contributed by atoms with Gasteiger partial charge in [-0.3, -0.25) is 0 Å². The molecule has 0 spiro atoms. The average Bonchev–Trinajstić information content (AvgIpc) is 2.45. The molecule has 0 saturated heterocycles. The maximum absolute atomic E-state index is 9.54. The summed E-state index contributed by atoms with van der Waals surface area (Å²) in [5.74, 6) is 1.03. The predicted molar refractivity (Wildman–Crippen MR) is 71.6 cm³/mol. The van der Waals surface area contributed by atoms with E-state index in [0.29, 0.717) is 0 Å². The van der Waals surface area contributed by atoms with Gasteiger partial charge in [0.05, 0.1) is 5.57 Å². The van der Waals surface area contributed by atoms with Crippen molar-refractivity contribution in [1.29, 1.82) is 0 Å². The van der Waals surface area contributed by atoms with Gasteiger partial charge in [0.15, 0.2) is 12.7 Å². The van der Waals surface area contributed by atoms with Crippen molar-refractivity contribution in [3.63, 3.8) is 0 Å². The summed E-state index contributed by atoms with van der Waals surface area (Å²) in [7, 11) is 0. The fraction of sp³-hybridized carbons (Fsp3) is 0.188. The molecule has 1 atom stereocenters. The zero-order valence-electron chi connectivity index (χ0n) is 10.4. The molecule has 3 nitrogen and oxygen atoms in total. The Kier molecular flexibility index (Phi) is 2.15. The van der Waals surface area contributed by atoms with Crippen molar-refractivity contribution in [2.45, 2.75) is 19.1 Å². The number of phenolic OH excluding ortho intramolecular Hbond substituents is 1. The molecule has 3 heterocycles. The number of fused-ring (bicyclic) bond motifs is 4. The molecule has 1 unspecified atom stereocenters. The van der Waals surface area contributed by atoms with Crippen LogP contribution in [0.15, 0.2) is 42.6 Å². The molecule has 94 valence electrons. The molecule has 1 N–H and O–H groups in total. The summed E-state index contributed by atoms with van der Waals surface area (Å²) in [5.41, 5.74) is 3.48. The van der Waals surface area contributed by atoms with Gasteiger partial charge in [0.1, 0.15) is 17.6 Å². The molecule has 2 aliphatic heterocycles. The predicted octanol–water partition coefficient (Wildman–Crippen LogP) is 2.39. The third-order valence-electron chi connectivity index (χ3n) is 3.79. The van der Waals surface area contributed by atoms with Crippen molar-refractivity contribution >= 4 is 11.6 Å². The second-order valence-electron chi connectivity index (χ2n) is 5.00. The highest BCUT2D eigenvalue weighted by molar-refractivity contribution is 5.85. The van der Waals surface area contributed by atoms with Gasteiger partial charge in [-0.1, -0.05) is 0 Å². The van der Waals surface area contributed by atoms with E-state index >= 15 is 0 Å². The minimum atomic E-state index is 0.0942. The summed E-state index contributed by atoms with van der Waals surface area (Å²) in [4.78, 5) is 0. The smallest absolute Gasteiger partial charge is 0.212 e. The Morgan fingerprint density at radius 3 is 3.11 bits per heavy atom. The monoisotopic (exact) mass is 252 g/mol. The lowest BCUT2D eigenvalue weighted by Crippen LogP contribution is -2.46. The van der Waals surface area contributed by atoms with Crippen LogP contribution in [0.3, 0.4) is 0 Å². The SMILES string of the molecule is Oc1ccc2c(c1)OC1CC[n+]3ccccc3C1=C2. The Balaban J connectivity index is 1.89. The first-order valence-electron chi connectivity index (χ1n) is 6.51. The van der Waals surface area contributed by atoms with E-state index in [9.17, 15) is 5.11 Å². The van der Waals surface area contributed by atoms with Gasteiger partial charge in [-0.2, -0.15) is 4.57 Å². The lowest BCUT2D eigenvalue weighted by Gasteiger charge is -2.28. The van der Waals surface area contributed by atoms with E-state index in [4.69, 9.17) is 4.74 Å². The average molecular weight is 252 g/mol. The van der Waals surface area contributed by atoms with Crippen molar-refractivity contribution in [3.8, 4) is 11.5 Å². The first-order valence-corrected chi connectivity index (χ1v) is 6.51. The Morgan fingerprint density at radius 2 is 2.16 bits per heavy atom. The van der Waals surface area contributed by atoms with Crippen molar-refractivity contribution in [1.82, 2.24) is 0 Å².